The summed E-state index contributed by atoms with van der Waals surface area (Å²) in [7, 11) is 3.43. The van der Waals surface area contributed by atoms with E-state index in [1.807, 2.05) is 30.4 Å². The summed E-state index contributed by atoms with van der Waals surface area (Å²) in [5.41, 5.74) is 0.0387. The lowest BCUT2D eigenvalue weighted by molar-refractivity contribution is -0.137. The Balaban J connectivity index is 1.45. The van der Waals surface area contributed by atoms with Gasteiger partial charge < -0.3 is 19.7 Å². The molecule has 1 aromatic carbocycles. The van der Waals surface area contributed by atoms with Crippen molar-refractivity contribution < 1.29 is 19.1 Å². The highest BCUT2D eigenvalue weighted by Crippen LogP contribution is 2.52. The van der Waals surface area contributed by atoms with Gasteiger partial charge in [0.05, 0.1) is 37.1 Å². The quantitative estimate of drug-likeness (QED) is 0.809. The smallest absolute Gasteiger partial charge is 0.229 e. The number of likely N-dealkylation sites (N-methyl/N-ethyl adjacent to an activating group) is 1. The number of methoxy groups -OCH3 is 1. The van der Waals surface area contributed by atoms with Crippen LogP contribution in [0, 0.1) is 11.8 Å². The topological polar surface area (TPSA) is 67.9 Å². The van der Waals surface area contributed by atoms with E-state index in [-0.39, 0.29) is 17.9 Å². The fourth-order valence-electron chi connectivity index (χ4n) is 5.70. The molecule has 5 rings (SSSR count). The Labute approximate surface area is 164 Å². The number of carbonyl (C=O) groups is 2. The second-order valence-electron chi connectivity index (χ2n) is 8.60. The molecule has 3 aliphatic heterocycles. The lowest BCUT2D eigenvalue weighted by Crippen LogP contribution is -2.51. The van der Waals surface area contributed by atoms with Gasteiger partial charge in [0.1, 0.15) is 11.4 Å². The Bertz CT molecular complexity index is 860. The first kappa shape index (κ1) is 17.7. The normalized spacial score (nSPS) is 34.7. The Hall–Kier alpha value is -2.34. The number of rotatable bonds is 4. The zero-order valence-corrected chi connectivity index (χ0v) is 16.3. The van der Waals surface area contributed by atoms with Gasteiger partial charge in [-0.3, -0.25) is 9.59 Å². The molecule has 4 atom stereocenters. The average molecular weight is 382 g/mol. The van der Waals surface area contributed by atoms with Crippen LogP contribution in [-0.2, 0) is 19.9 Å². The molecule has 3 fully saturated rings. The van der Waals surface area contributed by atoms with Crippen LogP contribution in [0.15, 0.2) is 36.4 Å². The van der Waals surface area contributed by atoms with Crippen LogP contribution in [0.25, 0.3) is 0 Å². The summed E-state index contributed by atoms with van der Waals surface area (Å²) in [6.45, 7) is 0.522. The molecule has 0 aromatic heterocycles. The number of likely N-dealkylation sites (tertiary alicyclic amines) is 1. The number of nitrogens with one attached hydrogen (secondary N) is 1. The van der Waals surface area contributed by atoms with Gasteiger partial charge in [-0.25, -0.2) is 0 Å². The summed E-state index contributed by atoms with van der Waals surface area (Å²) < 4.78 is 11.5. The first-order chi connectivity index (χ1) is 13.5. The number of hydrogen-bond acceptors (Lipinski definition) is 4. The van der Waals surface area contributed by atoms with E-state index in [4.69, 9.17) is 9.47 Å². The minimum absolute atomic E-state index is 0.00820. The number of ether oxygens (including phenoxy) is 2. The second kappa shape index (κ2) is 6.08. The highest BCUT2D eigenvalue weighted by atomic mass is 16.5. The molecule has 0 radical (unpaired) electrons. The molecule has 2 amide bonds. The van der Waals surface area contributed by atoms with Gasteiger partial charge in [-0.15, -0.1) is 0 Å². The molecule has 6 nitrogen and oxygen atoms in total. The van der Waals surface area contributed by atoms with E-state index in [2.05, 4.69) is 11.4 Å². The molecule has 28 heavy (non-hydrogen) atoms. The van der Waals surface area contributed by atoms with Gasteiger partial charge in [0.25, 0.3) is 0 Å². The van der Waals surface area contributed by atoms with Gasteiger partial charge in [-0.05, 0) is 30.5 Å². The van der Waals surface area contributed by atoms with E-state index in [1.54, 1.807) is 19.1 Å². The molecule has 1 aromatic rings. The first-order valence-electron chi connectivity index (χ1n) is 10.1. The highest BCUT2D eigenvalue weighted by molar-refractivity contribution is 5.93. The molecule has 0 unspecified atom stereocenters. The van der Waals surface area contributed by atoms with Crippen LogP contribution >= 0.6 is 0 Å². The molecule has 4 aliphatic rings. The molecular formula is C22H26N2O4. The van der Waals surface area contributed by atoms with Gasteiger partial charge in [0.15, 0.2) is 0 Å². The average Bonchev–Trinajstić information content (AvgIpc) is 3.44. The predicted molar refractivity (Wildman–Crippen MR) is 103 cm³/mol. The van der Waals surface area contributed by atoms with E-state index in [1.165, 1.54) is 0 Å². The van der Waals surface area contributed by atoms with Crippen LogP contribution in [-0.4, -0.2) is 49.1 Å². The maximum Gasteiger partial charge on any atom is 0.229 e. The van der Waals surface area contributed by atoms with Gasteiger partial charge in [-0.2, -0.15) is 0 Å². The number of fused-ring (bicyclic) bond motifs is 1. The molecule has 2 bridgehead atoms. The summed E-state index contributed by atoms with van der Waals surface area (Å²) in [6.07, 6.45) is 7.55. The Morgan fingerprint density at radius 3 is 2.86 bits per heavy atom. The second-order valence-corrected chi connectivity index (χ2v) is 8.60. The number of hydrogen-bond donors (Lipinski definition) is 1. The summed E-state index contributed by atoms with van der Waals surface area (Å²) in [4.78, 5) is 27.9. The van der Waals surface area contributed by atoms with Crippen molar-refractivity contribution >= 4 is 11.8 Å². The van der Waals surface area contributed by atoms with Crippen molar-refractivity contribution in [3.8, 4) is 5.75 Å². The third kappa shape index (κ3) is 2.37. The summed E-state index contributed by atoms with van der Waals surface area (Å²) in [5.74, 6) is -0.166. The number of amides is 2. The van der Waals surface area contributed by atoms with Crippen molar-refractivity contribution in [3.63, 3.8) is 0 Å². The molecule has 1 spiro atoms. The summed E-state index contributed by atoms with van der Waals surface area (Å²) >= 11 is 0. The van der Waals surface area contributed by atoms with Crippen molar-refractivity contribution in [1.29, 1.82) is 0 Å². The Morgan fingerprint density at radius 2 is 2.11 bits per heavy atom. The molecule has 148 valence electrons. The monoisotopic (exact) mass is 382 g/mol. The van der Waals surface area contributed by atoms with E-state index in [0.717, 1.165) is 37.0 Å². The van der Waals surface area contributed by atoms with Crippen molar-refractivity contribution in [2.24, 2.45) is 11.8 Å². The van der Waals surface area contributed by atoms with Crippen LogP contribution < -0.4 is 10.1 Å². The van der Waals surface area contributed by atoms with E-state index in [9.17, 15) is 9.59 Å². The van der Waals surface area contributed by atoms with Gasteiger partial charge in [0.2, 0.25) is 11.8 Å². The molecule has 2 saturated heterocycles. The van der Waals surface area contributed by atoms with Gasteiger partial charge >= 0.3 is 0 Å². The SMILES string of the molecule is COc1cccc(C2(NC(=O)[C@H]3[C@@H]4C=C[C@]5(CN(C)C(=O)[C@@H]35)O4)CCCC2)c1. The third-order valence-corrected chi connectivity index (χ3v) is 7.03. The lowest BCUT2D eigenvalue weighted by Gasteiger charge is -2.34. The van der Waals surface area contributed by atoms with Crippen LogP contribution in [0.3, 0.4) is 0 Å². The highest BCUT2D eigenvalue weighted by Gasteiger charge is 2.66. The molecule has 1 aliphatic carbocycles. The summed E-state index contributed by atoms with van der Waals surface area (Å²) in [6, 6.07) is 7.95. The minimum atomic E-state index is -0.628. The molecular weight excluding hydrogens is 356 g/mol. The largest absolute Gasteiger partial charge is 0.497 e. The maximum atomic E-state index is 13.5. The number of nitrogens with zero attached hydrogens (tertiary/aromatic N) is 1. The number of benzene rings is 1. The zero-order chi connectivity index (χ0) is 19.5. The predicted octanol–water partition coefficient (Wildman–Crippen LogP) is 1.99. The minimum Gasteiger partial charge on any atom is -0.497 e. The van der Waals surface area contributed by atoms with E-state index < -0.39 is 23.0 Å². The molecule has 1 N–H and O–H groups in total. The van der Waals surface area contributed by atoms with Crippen molar-refractivity contribution in [1.82, 2.24) is 10.2 Å². The van der Waals surface area contributed by atoms with Crippen LogP contribution in [0.5, 0.6) is 5.75 Å². The Morgan fingerprint density at radius 1 is 1.32 bits per heavy atom. The van der Waals surface area contributed by atoms with Crippen molar-refractivity contribution in [3.05, 3.63) is 42.0 Å². The van der Waals surface area contributed by atoms with Crippen LogP contribution in [0.4, 0.5) is 0 Å². The molecule has 6 heteroatoms. The lowest BCUT2D eigenvalue weighted by atomic mass is 9.76. The molecule has 1 saturated carbocycles. The Kier molecular flexibility index (Phi) is 3.85. The maximum absolute atomic E-state index is 13.5. The van der Waals surface area contributed by atoms with Crippen molar-refractivity contribution in [2.45, 2.75) is 42.9 Å². The summed E-state index contributed by atoms with van der Waals surface area (Å²) in [5, 5.41) is 3.35. The fourth-order valence-corrected chi connectivity index (χ4v) is 5.70. The number of carbonyl (C=O) groups excluding carboxylic acids is 2. The van der Waals surface area contributed by atoms with Crippen LogP contribution in [0.1, 0.15) is 31.2 Å². The third-order valence-electron chi connectivity index (χ3n) is 7.03. The molecule has 3 heterocycles. The standard InChI is InChI=1S/C22H26N2O4/c1-24-13-22-11-8-16(28-22)17(18(22)20(24)26)19(25)23-21(9-3-4-10-21)14-6-5-7-15(12-14)27-2/h5-8,11-12,16-18H,3-4,9-10,13H2,1-2H3,(H,23,25)/t16-,17-,18+,22+/m0/s1. The van der Waals surface area contributed by atoms with E-state index >= 15 is 0 Å². The fraction of sp³-hybridized carbons (Fsp3) is 0.545. The van der Waals surface area contributed by atoms with Crippen LogP contribution in [0.2, 0.25) is 0 Å². The van der Waals surface area contributed by atoms with Gasteiger partial charge in [0, 0.05) is 7.05 Å². The zero-order valence-electron chi connectivity index (χ0n) is 16.3. The van der Waals surface area contributed by atoms with E-state index in [0.29, 0.717) is 6.54 Å². The first-order valence-corrected chi connectivity index (χ1v) is 10.1. The van der Waals surface area contributed by atoms with Gasteiger partial charge in [-0.1, -0.05) is 37.1 Å². The van der Waals surface area contributed by atoms with Crippen molar-refractivity contribution in [2.75, 3.05) is 20.7 Å².